The molecule has 178 valence electrons. The number of hydrogen-bond acceptors (Lipinski definition) is 3. The Hall–Kier alpha value is -5.22. The highest BCUT2D eigenvalue weighted by Crippen LogP contribution is 2.37. The number of fused-ring (bicyclic) bond motifs is 6. The molecule has 3 heterocycles. The Bertz CT molecular complexity index is 2130. The summed E-state index contributed by atoms with van der Waals surface area (Å²) in [5.41, 5.74) is 8.26. The monoisotopic (exact) mass is 487 g/mol. The summed E-state index contributed by atoms with van der Waals surface area (Å²) >= 11 is 0. The van der Waals surface area contributed by atoms with Crippen LogP contribution in [-0.4, -0.2) is 14.6 Å². The summed E-state index contributed by atoms with van der Waals surface area (Å²) in [5.74, 6) is 0.836. The van der Waals surface area contributed by atoms with Crippen LogP contribution in [-0.2, 0) is 0 Å². The lowest BCUT2D eigenvalue weighted by atomic mass is 9.97. The van der Waals surface area contributed by atoms with E-state index in [-0.39, 0.29) is 0 Å². The second-order valence-corrected chi connectivity index (χ2v) is 9.56. The molecule has 5 aromatic carbocycles. The van der Waals surface area contributed by atoms with Crippen LogP contribution in [0.25, 0.3) is 72.0 Å². The van der Waals surface area contributed by atoms with E-state index in [4.69, 9.17) is 4.42 Å². The van der Waals surface area contributed by atoms with Crippen LogP contribution >= 0.6 is 0 Å². The molecule has 0 fully saturated rings. The maximum absolute atomic E-state index is 6.29. The Morgan fingerprint density at radius 1 is 0.526 bits per heavy atom. The van der Waals surface area contributed by atoms with Gasteiger partial charge in [0.05, 0.1) is 0 Å². The van der Waals surface area contributed by atoms with E-state index in [9.17, 15) is 0 Å². The van der Waals surface area contributed by atoms with Gasteiger partial charge < -0.3 is 4.42 Å². The van der Waals surface area contributed by atoms with Crippen molar-refractivity contribution >= 4 is 38.4 Å². The van der Waals surface area contributed by atoms with Gasteiger partial charge in [-0.2, -0.15) is 0 Å². The summed E-state index contributed by atoms with van der Waals surface area (Å²) in [6.45, 7) is 0. The maximum atomic E-state index is 6.29. The third-order valence-corrected chi connectivity index (χ3v) is 7.35. The first-order valence-electron chi connectivity index (χ1n) is 12.7. The second-order valence-electron chi connectivity index (χ2n) is 9.56. The summed E-state index contributed by atoms with van der Waals surface area (Å²) < 4.78 is 8.35. The van der Waals surface area contributed by atoms with Crippen LogP contribution in [0.3, 0.4) is 0 Å². The van der Waals surface area contributed by atoms with E-state index < -0.39 is 0 Å². The molecule has 0 N–H and O–H groups in total. The number of nitrogens with zero attached hydrogens (tertiary/aromatic N) is 3. The fourth-order valence-corrected chi connectivity index (χ4v) is 5.47. The van der Waals surface area contributed by atoms with Crippen molar-refractivity contribution < 1.29 is 4.42 Å². The molecule has 0 amide bonds. The number of hydrogen-bond donors (Lipinski definition) is 0. The molecule has 0 spiro atoms. The third-order valence-electron chi connectivity index (χ3n) is 7.35. The van der Waals surface area contributed by atoms with Gasteiger partial charge >= 0.3 is 0 Å². The predicted octanol–water partition coefficient (Wildman–Crippen LogP) is 8.78. The average Bonchev–Trinajstić information content (AvgIpc) is 3.59. The Kier molecular flexibility index (Phi) is 4.49. The Morgan fingerprint density at radius 2 is 1.26 bits per heavy atom. The SMILES string of the molecule is c1cc(-c2ccc(-c3nnc4c5ccccc5ccn34)cc2)cc(-c2cccc3c2oc2ccccc23)c1. The zero-order valence-corrected chi connectivity index (χ0v) is 20.4. The molecule has 0 aliphatic rings. The summed E-state index contributed by atoms with van der Waals surface area (Å²) in [7, 11) is 0. The van der Waals surface area contributed by atoms with Crippen LogP contribution in [0, 0.1) is 0 Å². The summed E-state index contributed by atoms with van der Waals surface area (Å²) in [6.07, 6.45) is 2.04. The van der Waals surface area contributed by atoms with Crippen molar-refractivity contribution in [3.63, 3.8) is 0 Å². The fraction of sp³-hybridized carbons (Fsp3) is 0. The molecule has 0 saturated heterocycles. The standard InChI is InChI=1S/C34H21N3O/c1-2-10-28-23(7-1)19-20-37-33(35-36-34(28)37)24-17-15-22(16-18-24)25-8-5-9-26(21-25)27-12-6-13-30-29-11-3-4-14-31(29)38-32(27)30/h1-21H. The van der Waals surface area contributed by atoms with Gasteiger partial charge in [0.2, 0.25) is 0 Å². The fourth-order valence-electron chi connectivity index (χ4n) is 5.47. The molecule has 8 rings (SSSR count). The number of pyridine rings is 1. The average molecular weight is 488 g/mol. The number of furan rings is 1. The highest BCUT2D eigenvalue weighted by molar-refractivity contribution is 6.09. The van der Waals surface area contributed by atoms with Gasteiger partial charge in [0.1, 0.15) is 11.2 Å². The van der Waals surface area contributed by atoms with Gasteiger partial charge in [-0.3, -0.25) is 4.40 Å². The van der Waals surface area contributed by atoms with E-state index >= 15 is 0 Å². The van der Waals surface area contributed by atoms with Crippen molar-refractivity contribution in [1.29, 1.82) is 0 Å². The van der Waals surface area contributed by atoms with Crippen molar-refractivity contribution in [2.45, 2.75) is 0 Å². The summed E-state index contributed by atoms with van der Waals surface area (Å²) in [6, 6.07) is 42.1. The zero-order chi connectivity index (χ0) is 25.1. The molecule has 3 aromatic heterocycles. The normalized spacial score (nSPS) is 11.7. The predicted molar refractivity (Wildman–Crippen MR) is 154 cm³/mol. The van der Waals surface area contributed by atoms with Crippen LogP contribution in [0.15, 0.2) is 132 Å². The van der Waals surface area contributed by atoms with Crippen molar-refractivity contribution in [3.05, 3.63) is 128 Å². The largest absolute Gasteiger partial charge is 0.455 e. The quantitative estimate of drug-likeness (QED) is 0.250. The molecule has 38 heavy (non-hydrogen) atoms. The van der Waals surface area contributed by atoms with Crippen molar-refractivity contribution in [2.24, 2.45) is 0 Å². The molecule has 4 heteroatoms. The smallest absolute Gasteiger partial charge is 0.168 e. The van der Waals surface area contributed by atoms with E-state index in [1.807, 2.05) is 30.5 Å². The zero-order valence-electron chi connectivity index (χ0n) is 20.4. The van der Waals surface area contributed by atoms with E-state index in [1.54, 1.807) is 0 Å². The minimum absolute atomic E-state index is 0.836. The van der Waals surface area contributed by atoms with Gasteiger partial charge in [0, 0.05) is 33.5 Å². The molecular weight excluding hydrogens is 466 g/mol. The first kappa shape index (κ1) is 20.9. The second kappa shape index (κ2) is 8.15. The molecule has 0 radical (unpaired) electrons. The maximum Gasteiger partial charge on any atom is 0.168 e. The van der Waals surface area contributed by atoms with Crippen molar-refractivity contribution in [1.82, 2.24) is 14.6 Å². The van der Waals surface area contributed by atoms with Crippen molar-refractivity contribution in [2.75, 3.05) is 0 Å². The number of benzene rings is 5. The van der Waals surface area contributed by atoms with E-state index in [0.717, 1.165) is 72.0 Å². The number of rotatable bonds is 3. The summed E-state index contributed by atoms with van der Waals surface area (Å²) in [5, 5.41) is 13.6. The third kappa shape index (κ3) is 3.17. The van der Waals surface area contributed by atoms with Gasteiger partial charge in [-0.1, -0.05) is 103 Å². The molecule has 0 saturated carbocycles. The van der Waals surface area contributed by atoms with Crippen LogP contribution in [0.1, 0.15) is 0 Å². The van der Waals surface area contributed by atoms with E-state index in [0.29, 0.717) is 0 Å². The molecule has 4 nitrogen and oxygen atoms in total. The van der Waals surface area contributed by atoms with Crippen molar-refractivity contribution in [3.8, 4) is 33.6 Å². The minimum atomic E-state index is 0.836. The number of aromatic nitrogens is 3. The molecule has 0 aliphatic carbocycles. The van der Waals surface area contributed by atoms with E-state index in [2.05, 4.69) is 112 Å². The Morgan fingerprint density at radius 3 is 2.18 bits per heavy atom. The van der Waals surface area contributed by atoms with Gasteiger partial charge in [-0.05, 0) is 40.3 Å². The Balaban J connectivity index is 1.18. The molecular formula is C34H21N3O. The highest BCUT2D eigenvalue weighted by atomic mass is 16.3. The van der Waals surface area contributed by atoms with Crippen LogP contribution in [0.2, 0.25) is 0 Å². The van der Waals surface area contributed by atoms with Gasteiger partial charge in [-0.15, -0.1) is 10.2 Å². The molecule has 0 atom stereocenters. The van der Waals surface area contributed by atoms with Gasteiger partial charge in [0.15, 0.2) is 11.5 Å². The van der Waals surface area contributed by atoms with Crippen LogP contribution < -0.4 is 0 Å². The molecule has 0 unspecified atom stereocenters. The summed E-state index contributed by atoms with van der Waals surface area (Å²) in [4.78, 5) is 0. The van der Waals surface area contributed by atoms with Crippen LogP contribution in [0.5, 0.6) is 0 Å². The van der Waals surface area contributed by atoms with Crippen LogP contribution in [0.4, 0.5) is 0 Å². The Labute approximate surface area is 218 Å². The molecule has 8 aromatic rings. The first-order chi connectivity index (χ1) is 18.8. The lowest BCUT2D eigenvalue weighted by Crippen LogP contribution is -1.90. The topological polar surface area (TPSA) is 43.3 Å². The number of para-hydroxylation sites is 2. The first-order valence-corrected chi connectivity index (χ1v) is 12.7. The van der Waals surface area contributed by atoms with Gasteiger partial charge in [-0.25, -0.2) is 0 Å². The molecule has 0 aliphatic heterocycles. The highest BCUT2D eigenvalue weighted by Gasteiger charge is 2.13. The van der Waals surface area contributed by atoms with E-state index in [1.165, 1.54) is 0 Å². The molecule has 0 bridgehead atoms. The minimum Gasteiger partial charge on any atom is -0.455 e. The van der Waals surface area contributed by atoms with Gasteiger partial charge in [0.25, 0.3) is 0 Å². The lowest BCUT2D eigenvalue weighted by molar-refractivity contribution is 0.670. The lowest BCUT2D eigenvalue weighted by Gasteiger charge is -2.08.